The Balaban J connectivity index is 1.48. The fourth-order valence-electron chi connectivity index (χ4n) is 2.84. The van der Waals surface area contributed by atoms with Crippen LogP contribution in [0.15, 0.2) is 47.8 Å². The van der Waals surface area contributed by atoms with Gasteiger partial charge in [-0.2, -0.15) is 0 Å². The van der Waals surface area contributed by atoms with E-state index in [0.717, 1.165) is 10.6 Å². The van der Waals surface area contributed by atoms with Crippen LogP contribution < -0.4 is 10.2 Å². The maximum Gasteiger partial charge on any atom is 0.227 e. The van der Waals surface area contributed by atoms with Crippen LogP contribution in [-0.2, 0) is 9.59 Å². The van der Waals surface area contributed by atoms with Gasteiger partial charge in [0.05, 0.1) is 12.0 Å². The Kier molecular flexibility index (Phi) is 5.27. The lowest BCUT2D eigenvalue weighted by Gasteiger charge is -2.16. The molecule has 1 aliphatic heterocycles. The molecule has 1 aromatic heterocycles. The van der Waals surface area contributed by atoms with Gasteiger partial charge in [-0.1, -0.05) is 24.3 Å². The van der Waals surface area contributed by atoms with E-state index in [0.29, 0.717) is 19.5 Å². The fourth-order valence-corrected chi connectivity index (χ4v) is 3.59. The lowest BCUT2D eigenvalue weighted by molar-refractivity contribution is -0.126. The molecule has 0 radical (unpaired) electrons. The van der Waals surface area contributed by atoms with Crippen molar-refractivity contribution in [2.24, 2.45) is 5.92 Å². The van der Waals surface area contributed by atoms with Crippen LogP contribution in [0.25, 0.3) is 0 Å². The van der Waals surface area contributed by atoms with Crippen molar-refractivity contribution in [3.05, 3.63) is 52.7 Å². The Morgan fingerprint density at radius 2 is 2.08 bits per heavy atom. The number of hydrogen-bond donors (Lipinski definition) is 2. The molecular formula is C18H20N2O3S. The quantitative estimate of drug-likeness (QED) is 0.845. The number of thiophene rings is 1. The van der Waals surface area contributed by atoms with Crippen LogP contribution in [0.2, 0.25) is 0 Å². The minimum Gasteiger partial charge on any atom is -0.388 e. The van der Waals surface area contributed by atoms with Crippen molar-refractivity contribution in [2.75, 3.05) is 18.0 Å². The minimum atomic E-state index is -0.559. The molecule has 0 bridgehead atoms. The first kappa shape index (κ1) is 16.7. The smallest absolute Gasteiger partial charge is 0.227 e. The van der Waals surface area contributed by atoms with Crippen LogP contribution >= 0.6 is 11.3 Å². The molecule has 1 saturated heterocycles. The average Bonchev–Trinajstić information content (AvgIpc) is 3.25. The molecule has 6 heteroatoms. The van der Waals surface area contributed by atoms with Crippen molar-refractivity contribution in [1.82, 2.24) is 5.32 Å². The van der Waals surface area contributed by atoms with E-state index in [1.807, 2.05) is 47.8 Å². The SMILES string of the molecule is O=C(NCCC(O)c1cccs1)C1CC(=O)N(c2ccccc2)C1. The van der Waals surface area contributed by atoms with E-state index >= 15 is 0 Å². The summed E-state index contributed by atoms with van der Waals surface area (Å²) in [6, 6.07) is 13.2. The normalized spacial score (nSPS) is 18.6. The zero-order chi connectivity index (χ0) is 16.9. The Morgan fingerprint density at radius 3 is 2.79 bits per heavy atom. The van der Waals surface area contributed by atoms with Gasteiger partial charge in [0.15, 0.2) is 0 Å². The zero-order valence-electron chi connectivity index (χ0n) is 13.2. The Bertz CT molecular complexity index is 688. The number of benzene rings is 1. The lowest BCUT2D eigenvalue weighted by Crippen LogP contribution is -2.34. The number of para-hydroxylation sites is 1. The number of aliphatic hydroxyl groups excluding tert-OH is 1. The van der Waals surface area contributed by atoms with Crippen LogP contribution in [0.3, 0.4) is 0 Å². The number of aliphatic hydroxyl groups is 1. The van der Waals surface area contributed by atoms with E-state index in [-0.39, 0.29) is 24.2 Å². The standard InChI is InChI=1S/C18H20N2O3S/c21-15(16-7-4-10-24-16)8-9-19-18(23)13-11-17(22)20(12-13)14-5-2-1-3-6-14/h1-7,10,13,15,21H,8-9,11-12H2,(H,19,23). The molecule has 0 saturated carbocycles. The summed E-state index contributed by atoms with van der Waals surface area (Å²) in [4.78, 5) is 27.0. The van der Waals surface area contributed by atoms with Crippen LogP contribution in [0.1, 0.15) is 23.8 Å². The van der Waals surface area contributed by atoms with Crippen LogP contribution in [0.4, 0.5) is 5.69 Å². The first-order valence-electron chi connectivity index (χ1n) is 7.99. The minimum absolute atomic E-state index is 0.0278. The fraction of sp³-hybridized carbons (Fsp3) is 0.333. The number of nitrogens with zero attached hydrogens (tertiary/aromatic N) is 1. The molecule has 2 heterocycles. The molecule has 5 nitrogen and oxygen atoms in total. The Morgan fingerprint density at radius 1 is 1.29 bits per heavy atom. The number of carbonyl (C=O) groups excluding carboxylic acids is 2. The maximum atomic E-state index is 12.3. The Hall–Kier alpha value is -2.18. The van der Waals surface area contributed by atoms with Crippen molar-refractivity contribution in [1.29, 1.82) is 0 Å². The van der Waals surface area contributed by atoms with Gasteiger partial charge in [-0.25, -0.2) is 0 Å². The summed E-state index contributed by atoms with van der Waals surface area (Å²) >= 11 is 1.50. The number of amides is 2. The third kappa shape index (κ3) is 3.83. The molecule has 2 N–H and O–H groups in total. The molecule has 2 aromatic rings. The number of hydrogen-bond acceptors (Lipinski definition) is 4. The molecule has 24 heavy (non-hydrogen) atoms. The molecule has 2 atom stereocenters. The maximum absolute atomic E-state index is 12.3. The first-order chi connectivity index (χ1) is 11.6. The van der Waals surface area contributed by atoms with Crippen molar-refractivity contribution >= 4 is 28.8 Å². The summed E-state index contributed by atoms with van der Waals surface area (Å²) in [6.07, 6.45) is 0.139. The molecule has 1 fully saturated rings. The highest BCUT2D eigenvalue weighted by Crippen LogP contribution is 2.25. The van der Waals surface area contributed by atoms with E-state index in [2.05, 4.69) is 5.32 Å². The number of nitrogens with one attached hydrogen (secondary N) is 1. The highest BCUT2D eigenvalue weighted by atomic mass is 32.1. The van der Waals surface area contributed by atoms with Crippen LogP contribution in [-0.4, -0.2) is 30.0 Å². The molecule has 126 valence electrons. The molecule has 2 amide bonds. The van der Waals surface area contributed by atoms with Gasteiger partial charge in [-0.05, 0) is 30.0 Å². The molecule has 0 spiro atoms. The second kappa shape index (κ2) is 7.59. The van der Waals surface area contributed by atoms with E-state index < -0.39 is 6.10 Å². The second-order valence-electron chi connectivity index (χ2n) is 5.85. The summed E-state index contributed by atoms with van der Waals surface area (Å²) in [7, 11) is 0. The zero-order valence-corrected chi connectivity index (χ0v) is 14.0. The average molecular weight is 344 g/mol. The van der Waals surface area contributed by atoms with Crippen molar-refractivity contribution in [3.63, 3.8) is 0 Å². The topological polar surface area (TPSA) is 69.6 Å². The van der Waals surface area contributed by atoms with Crippen molar-refractivity contribution in [2.45, 2.75) is 18.9 Å². The monoisotopic (exact) mass is 344 g/mol. The third-order valence-electron chi connectivity index (χ3n) is 4.15. The van der Waals surface area contributed by atoms with Gasteiger partial charge in [-0.3, -0.25) is 9.59 Å². The van der Waals surface area contributed by atoms with E-state index in [4.69, 9.17) is 0 Å². The molecule has 2 unspecified atom stereocenters. The predicted octanol–water partition coefficient (Wildman–Crippen LogP) is 2.34. The van der Waals surface area contributed by atoms with Gasteiger partial charge >= 0.3 is 0 Å². The van der Waals surface area contributed by atoms with Crippen molar-refractivity contribution < 1.29 is 14.7 Å². The highest BCUT2D eigenvalue weighted by Gasteiger charge is 2.34. The van der Waals surface area contributed by atoms with E-state index in [1.165, 1.54) is 11.3 Å². The van der Waals surface area contributed by atoms with Crippen molar-refractivity contribution in [3.8, 4) is 0 Å². The third-order valence-corrected chi connectivity index (χ3v) is 5.13. The lowest BCUT2D eigenvalue weighted by atomic mass is 10.1. The first-order valence-corrected chi connectivity index (χ1v) is 8.87. The van der Waals surface area contributed by atoms with Gasteiger partial charge in [0.2, 0.25) is 11.8 Å². The molecule has 1 aliphatic rings. The van der Waals surface area contributed by atoms with Gasteiger partial charge in [0.1, 0.15) is 0 Å². The van der Waals surface area contributed by atoms with Gasteiger partial charge in [-0.15, -0.1) is 11.3 Å². The van der Waals surface area contributed by atoms with Crippen LogP contribution in [0.5, 0.6) is 0 Å². The summed E-state index contributed by atoms with van der Waals surface area (Å²) in [5.74, 6) is -0.489. The molecular weight excluding hydrogens is 324 g/mol. The van der Waals surface area contributed by atoms with Gasteiger partial charge < -0.3 is 15.3 Å². The predicted molar refractivity (Wildman–Crippen MR) is 93.8 cm³/mol. The molecule has 1 aromatic carbocycles. The summed E-state index contributed by atoms with van der Waals surface area (Å²) in [6.45, 7) is 0.802. The summed E-state index contributed by atoms with van der Waals surface area (Å²) < 4.78 is 0. The molecule has 3 rings (SSSR count). The highest BCUT2D eigenvalue weighted by molar-refractivity contribution is 7.10. The number of rotatable bonds is 6. The van der Waals surface area contributed by atoms with E-state index in [9.17, 15) is 14.7 Å². The Labute approximate surface area is 144 Å². The second-order valence-corrected chi connectivity index (χ2v) is 6.83. The summed E-state index contributed by atoms with van der Waals surface area (Å²) in [5.41, 5.74) is 0.825. The van der Waals surface area contributed by atoms with Gasteiger partial charge in [0.25, 0.3) is 0 Å². The van der Waals surface area contributed by atoms with Gasteiger partial charge in [0, 0.05) is 30.1 Å². The number of anilines is 1. The number of carbonyl (C=O) groups is 2. The molecule has 0 aliphatic carbocycles. The van der Waals surface area contributed by atoms with E-state index in [1.54, 1.807) is 4.90 Å². The largest absolute Gasteiger partial charge is 0.388 e. The summed E-state index contributed by atoms with van der Waals surface area (Å²) in [5, 5.41) is 14.8. The van der Waals surface area contributed by atoms with Crippen LogP contribution in [0, 0.1) is 5.92 Å².